The first-order chi connectivity index (χ1) is 19.3. The summed E-state index contributed by atoms with van der Waals surface area (Å²) in [5.41, 5.74) is 3.76. The number of hydrogen-bond acceptors (Lipinski definition) is 5. The third kappa shape index (κ3) is 7.80. The van der Waals surface area contributed by atoms with Gasteiger partial charge in [-0.15, -0.1) is 0 Å². The van der Waals surface area contributed by atoms with Gasteiger partial charge in [0.1, 0.15) is 0 Å². The van der Waals surface area contributed by atoms with Crippen LogP contribution < -0.4 is 5.32 Å². The van der Waals surface area contributed by atoms with Crippen molar-refractivity contribution in [3.8, 4) is 11.1 Å². The highest BCUT2D eigenvalue weighted by molar-refractivity contribution is 7.88. The molecule has 0 radical (unpaired) electrons. The van der Waals surface area contributed by atoms with Crippen LogP contribution in [-0.4, -0.2) is 60.7 Å². The number of carbonyl (C=O) groups is 1. The summed E-state index contributed by atoms with van der Waals surface area (Å²) in [5, 5.41) is 25.8. The van der Waals surface area contributed by atoms with Crippen LogP contribution in [0.1, 0.15) is 40.9 Å². The first kappa shape index (κ1) is 30.4. The van der Waals surface area contributed by atoms with Crippen molar-refractivity contribution in [2.45, 2.75) is 44.6 Å². The molecule has 7 nitrogen and oxygen atoms in total. The molecule has 4 aromatic rings. The van der Waals surface area contributed by atoms with E-state index in [9.17, 15) is 23.4 Å². The molecule has 0 bridgehead atoms. The molecule has 8 heteroatoms. The fourth-order valence-electron chi connectivity index (χ4n) is 5.10. The largest absolute Gasteiger partial charge is 0.478 e. The number of rotatable bonds is 12. The molecule has 1 atom stereocenters. The van der Waals surface area contributed by atoms with Crippen LogP contribution >= 0.6 is 0 Å². The predicted octanol–water partition coefficient (Wildman–Crippen LogP) is 5.25. The molecule has 0 aromatic heterocycles. The first-order valence-electron chi connectivity index (χ1n) is 13.6. The summed E-state index contributed by atoms with van der Waals surface area (Å²) in [7, 11) is -2.26. The predicted molar refractivity (Wildman–Crippen MR) is 165 cm³/mol. The Morgan fingerprint density at radius 3 is 2.34 bits per heavy atom. The summed E-state index contributed by atoms with van der Waals surface area (Å²) in [4.78, 5) is 11.4. The van der Waals surface area contributed by atoms with E-state index < -0.39 is 22.1 Å². The SMILES string of the molecule is Cc1cc(-c2ccccc2CS(=O)(=O)N(C)CC(O)CNC(C)(C)Cc2ccc3ccccc3c2)ccc1C(=O)O. The first-order valence-corrected chi connectivity index (χ1v) is 15.2. The van der Waals surface area contributed by atoms with Gasteiger partial charge in [0.2, 0.25) is 10.0 Å². The van der Waals surface area contributed by atoms with Crippen molar-refractivity contribution in [3.63, 3.8) is 0 Å². The molecule has 4 rings (SSSR count). The quantitative estimate of drug-likeness (QED) is 0.214. The smallest absolute Gasteiger partial charge is 0.335 e. The Bertz CT molecular complexity index is 1650. The minimum Gasteiger partial charge on any atom is -0.478 e. The number of nitrogens with zero attached hydrogens (tertiary/aromatic N) is 1. The zero-order valence-electron chi connectivity index (χ0n) is 24.0. The molecule has 0 aliphatic carbocycles. The van der Waals surface area contributed by atoms with Crippen LogP contribution in [0.15, 0.2) is 84.9 Å². The van der Waals surface area contributed by atoms with Gasteiger partial charge in [0.25, 0.3) is 0 Å². The lowest BCUT2D eigenvalue weighted by Gasteiger charge is -2.29. The van der Waals surface area contributed by atoms with Gasteiger partial charge in [0.15, 0.2) is 0 Å². The fraction of sp³-hybridized carbons (Fsp3) is 0.303. The molecule has 0 saturated carbocycles. The number of aryl methyl sites for hydroxylation is 1. The Labute approximate surface area is 242 Å². The lowest BCUT2D eigenvalue weighted by atomic mass is 9.93. The van der Waals surface area contributed by atoms with Crippen molar-refractivity contribution >= 4 is 26.8 Å². The number of benzene rings is 4. The number of fused-ring (bicyclic) bond motifs is 1. The second kappa shape index (κ2) is 12.5. The zero-order valence-corrected chi connectivity index (χ0v) is 24.8. The van der Waals surface area contributed by atoms with Crippen molar-refractivity contribution in [1.82, 2.24) is 9.62 Å². The van der Waals surface area contributed by atoms with Gasteiger partial charge in [-0.1, -0.05) is 78.9 Å². The normalized spacial score (nSPS) is 13.0. The van der Waals surface area contributed by atoms with E-state index in [1.165, 1.54) is 33.8 Å². The number of β-amino-alcohol motifs (C(OH)–C–C–N with tert-alkyl or cyclic N) is 1. The van der Waals surface area contributed by atoms with E-state index in [0.29, 0.717) is 11.1 Å². The van der Waals surface area contributed by atoms with Crippen molar-refractivity contribution < 1.29 is 23.4 Å². The summed E-state index contributed by atoms with van der Waals surface area (Å²) in [5.74, 6) is -1.25. The summed E-state index contributed by atoms with van der Waals surface area (Å²) in [6, 6.07) is 26.8. The molecule has 216 valence electrons. The molecule has 0 saturated heterocycles. The molecule has 3 N–H and O–H groups in total. The third-order valence-corrected chi connectivity index (χ3v) is 9.12. The van der Waals surface area contributed by atoms with E-state index in [4.69, 9.17) is 0 Å². The molecular weight excluding hydrogens is 536 g/mol. The standard InChI is InChI=1S/C33H38N2O5S/c1-23-17-27(15-16-30(23)32(37)38)31-12-8-7-11-28(31)22-41(39,40)35(4)21-29(36)20-34-33(2,3)19-24-13-14-25-9-5-6-10-26(25)18-24/h5-18,29,34,36H,19-22H2,1-4H3,(H,37,38). The van der Waals surface area contributed by atoms with Crippen LogP contribution in [0.5, 0.6) is 0 Å². The summed E-state index contributed by atoms with van der Waals surface area (Å²) >= 11 is 0. The molecular formula is C33H38N2O5S. The van der Waals surface area contributed by atoms with Crippen LogP contribution in [0.25, 0.3) is 21.9 Å². The number of aliphatic hydroxyl groups is 1. The van der Waals surface area contributed by atoms with Crippen molar-refractivity contribution in [3.05, 3.63) is 107 Å². The highest BCUT2D eigenvalue weighted by Gasteiger charge is 2.25. The van der Waals surface area contributed by atoms with Gasteiger partial charge in [-0.05, 0) is 71.8 Å². The van der Waals surface area contributed by atoms with E-state index in [1.54, 1.807) is 31.2 Å². The van der Waals surface area contributed by atoms with Gasteiger partial charge >= 0.3 is 5.97 Å². The number of carboxylic acid groups (broad SMARTS) is 1. The monoisotopic (exact) mass is 574 g/mol. The van der Waals surface area contributed by atoms with Crippen molar-refractivity contribution in [2.75, 3.05) is 20.1 Å². The molecule has 0 heterocycles. The number of nitrogens with one attached hydrogen (secondary N) is 1. The molecule has 1 unspecified atom stereocenters. The van der Waals surface area contributed by atoms with E-state index >= 15 is 0 Å². The van der Waals surface area contributed by atoms with E-state index in [0.717, 1.165) is 17.5 Å². The maximum Gasteiger partial charge on any atom is 0.335 e. The van der Waals surface area contributed by atoms with Gasteiger partial charge in [0.05, 0.1) is 17.4 Å². The van der Waals surface area contributed by atoms with Gasteiger partial charge < -0.3 is 15.5 Å². The Morgan fingerprint density at radius 2 is 1.63 bits per heavy atom. The lowest BCUT2D eigenvalue weighted by molar-refractivity contribution is 0.0696. The van der Waals surface area contributed by atoms with E-state index in [-0.39, 0.29) is 29.9 Å². The summed E-state index contributed by atoms with van der Waals surface area (Å²) < 4.78 is 27.8. The molecule has 41 heavy (non-hydrogen) atoms. The van der Waals surface area contributed by atoms with E-state index in [2.05, 4.69) is 49.5 Å². The maximum atomic E-state index is 13.3. The Kier molecular flexibility index (Phi) is 9.29. The minimum atomic E-state index is -3.74. The van der Waals surface area contributed by atoms with Crippen molar-refractivity contribution in [1.29, 1.82) is 0 Å². The topological polar surface area (TPSA) is 107 Å². The van der Waals surface area contributed by atoms with Crippen molar-refractivity contribution in [2.24, 2.45) is 0 Å². The van der Waals surface area contributed by atoms with Crippen LogP contribution in [0.3, 0.4) is 0 Å². The average Bonchev–Trinajstić information content (AvgIpc) is 2.91. The zero-order chi connectivity index (χ0) is 29.8. The highest BCUT2D eigenvalue weighted by atomic mass is 32.2. The molecule has 0 spiro atoms. The Balaban J connectivity index is 1.38. The molecule has 0 aliphatic rings. The minimum absolute atomic E-state index is 0.0457. The van der Waals surface area contributed by atoms with E-state index in [1.807, 2.05) is 24.3 Å². The lowest BCUT2D eigenvalue weighted by Crippen LogP contribution is -2.47. The fourth-order valence-corrected chi connectivity index (χ4v) is 6.36. The highest BCUT2D eigenvalue weighted by Crippen LogP contribution is 2.28. The molecule has 4 aromatic carbocycles. The molecule has 0 aliphatic heterocycles. The second-order valence-corrected chi connectivity index (χ2v) is 13.4. The summed E-state index contributed by atoms with van der Waals surface area (Å²) in [6.07, 6.45) is -0.144. The number of carboxylic acids is 1. The van der Waals surface area contributed by atoms with Crippen LogP contribution in [-0.2, 0) is 22.2 Å². The number of likely N-dealkylation sites (N-methyl/N-ethyl adjacent to an activating group) is 1. The maximum absolute atomic E-state index is 13.3. The Hall–Kier alpha value is -3.56. The van der Waals surface area contributed by atoms with Crippen LogP contribution in [0.4, 0.5) is 0 Å². The van der Waals surface area contributed by atoms with Gasteiger partial charge in [-0.3, -0.25) is 0 Å². The Morgan fingerprint density at radius 1 is 0.951 bits per heavy atom. The van der Waals surface area contributed by atoms with Gasteiger partial charge in [-0.25, -0.2) is 17.5 Å². The third-order valence-electron chi connectivity index (χ3n) is 7.34. The molecule has 0 amide bonds. The second-order valence-electron chi connectivity index (χ2n) is 11.3. The average molecular weight is 575 g/mol. The molecule has 0 fully saturated rings. The van der Waals surface area contributed by atoms with Crippen LogP contribution in [0.2, 0.25) is 0 Å². The summed E-state index contributed by atoms with van der Waals surface area (Å²) in [6.45, 7) is 6.05. The van der Waals surface area contributed by atoms with Gasteiger partial charge in [-0.2, -0.15) is 0 Å². The number of aliphatic hydroxyl groups excluding tert-OH is 1. The number of sulfonamides is 1. The van der Waals surface area contributed by atoms with Gasteiger partial charge in [0, 0.05) is 25.7 Å². The van der Waals surface area contributed by atoms with Crippen LogP contribution in [0, 0.1) is 6.92 Å². The number of aromatic carboxylic acids is 1. The number of hydrogen-bond donors (Lipinski definition) is 3.